The van der Waals surface area contributed by atoms with Crippen LogP contribution < -0.4 is 5.32 Å². The van der Waals surface area contributed by atoms with Crippen LogP contribution in [0, 0.1) is 0 Å². The Morgan fingerprint density at radius 1 is 1.07 bits per heavy atom. The van der Waals surface area contributed by atoms with Gasteiger partial charge in [-0.2, -0.15) is 0 Å². The highest BCUT2D eigenvalue weighted by molar-refractivity contribution is 7.14. The second kappa shape index (κ2) is 9.45. The number of nitrogens with one attached hydrogen (secondary N) is 1. The van der Waals surface area contributed by atoms with Gasteiger partial charge in [-0.05, 0) is 17.7 Å². The molecule has 4 rings (SSSR count). The minimum atomic E-state index is -0.00482. The summed E-state index contributed by atoms with van der Waals surface area (Å²) in [6, 6.07) is 15.9. The molecular formula is C22H23N5OS. The fourth-order valence-corrected chi connectivity index (χ4v) is 3.86. The summed E-state index contributed by atoms with van der Waals surface area (Å²) in [5.74, 6) is 0.716. The molecule has 1 fully saturated rings. The summed E-state index contributed by atoms with van der Waals surface area (Å²) in [6.45, 7) is 4.07. The number of amides is 1. The lowest BCUT2D eigenvalue weighted by Crippen LogP contribution is -2.48. The van der Waals surface area contributed by atoms with E-state index in [0.29, 0.717) is 10.8 Å². The Hall–Kier alpha value is -3.03. The predicted octanol–water partition coefficient (Wildman–Crippen LogP) is 3.75. The topological polar surface area (TPSA) is 61.4 Å². The predicted molar refractivity (Wildman–Crippen MR) is 117 cm³/mol. The molecule has 0 spiro atoms. The average molecular weight is 406 g/mol. The lowest BCUT2D eigenvalue weighted by atomic mass is 10.2. The normalized spacial score (nSPS) is 15.0. The van der Waals surface area contributed by atoms with Crippen LogP contribution in [0.5, 0.6) is 0 Å². The third-order valence-electron chi connectivity index (χ3n) is 4.76. The van der Waals surface area contributed by atoms with Crippen molar-refractivity contribution < 1.29 is 4.79 Å². The smallest absolute Gasteiger partial charge is 0.273 e. The fourth-order valence-electron chi connectivity index (χ4n) is 3.17. The molecule has 3 heterocycles. The van der Waals surface area contributed by atoms with E-state index in [1.54, 1.807) is 6.20 Å². The van der Waals surface area contributed by atoms with Crippen LogP contribution in [0.1, 0.15) is 16.1 Å². The molecule has 0 radical (unpaired) electrons. The molecule has 1 amide bonds. The second-order valence-electron chi connectivity index (χ2n) is 6.78. The average Bonchev–Trinajstić information content (AvgIpc) is 3.24. The van der Waals surface area contributed by atoms with Gasteiger partial charge in [0.2, 0.25) is 0 Å². The zero-order valence-electron chi connectivity index (χ0n) is 16.1. The van der Waals surface area contributed by atoms with Crippen LogP contribution in [0.4, 0.5) is 10.9 Å². The third-order valence-corrected chi connectivity index (χ3v) is 5.51. The van der Waals surface area contributed by atoms with Gasteiger partial charge in [-0.1, -0.05) is 48.6 Å². The zero-order chi connectivity index (χ0) is 19.9. The first-order valence-corrected chi connectivity index (χ1v) is 10.5. The van der Waals surface area contributed by atoms with E-state index in [-0.39, 0.29) is 5.91 Å². The molecule has 0 atom stereocenters. The van der Waals surface area contributed by atoms with E-state index in [4.69, 9.17) is 0 Å². The molecule has 1 saturated heterocycles. The van der Waals surface area contributed by atoms with Crippen molar-refractivity contribution in [2.45, 2.75) is 0 Å². The number of rotatable bonds is 6. The van der Waals surface area contributed by atoms with E-state index in [1.807, 2.05) is 46.7 Å². The number of carbonyl (C=O) groups excluding carboxylic acids is 1. The van der Waals surface area contributed by atoms with Crippen molar-refractivity contribution in [1.82, 2.24) is 19.8 Å². The SMILES string of the molecule is O=C(c1csc(Nc2ccccn2)n1)N1CCN(C/C=C/c2ccccc2)CC1. The summed E-state index contributed by atoms with van der Waals surface area (Å²) < 4.78 is 0. The van der Waals surface area contributed by atoms with Crippen LogP contribution in [-0.4, -0.2) is 58.4 Å². The van der Waals surface area contributed by atoms with Crippen molar-refractivity contribution in [3.8, 4) is 0 Å². The van der Waals surface area contributed by atoms with Gasteiger partial charge in [-0.25, -0.2) is 9.97 Å². The molecule has 148 valence electrons. The first-order valence-electron chi connectivity index (χ1n) is 9.65. The molecule has 0 bridgehead atoms. The molecule has 1 N–H and O–H groups in total. The fraction of sp³-hybridized carbons (Fsp3) is 0.227. The number of hydrogen-bond acceptors (Lipinski definition) is 6. The molecule has 0 saturated carbocycles. The van der Waals surface area contributed by atoms with Crippen molar-refractivity contribution in [2.75, 3.05) is 38.0 Å². The largest absolute Gasteiger partial charge is 0.335 e. The van der Waals surface area contributed by atoms with Gasteiger partial charge in [0.15, 0.2) is 5.13 Å². The van der Waals surface area contributed by atoms with Crippen molar-refractivity contribution >= 4 is 34.3 Å². The Labute approximate surface area is 174 Å². The van der Waals surface area contributed by atoms with Crippen molar-refractivity contribution in [1.29, 1.82) is 0 Å². The summed E-state index contributed by atoms with van der Waals surface area (Å²) in [4.78, 5) is 25.7. The molecule has 1 aliphatic heterocycles. The molecule has 1 aliphatic rings. The maximum Gasteiger partial charge on any atom is 0.273 e. The number of nitrogens with zero attached hydrogens (tertiary/aromatic N) is 4. The van der Waals surface area contributed by atoms with Gasteiger partial charge in [0.05, 0.1) is 0 Å². The van der Waals surface area contributed by atoms with E-state index < -0.39 is 0 Å². The number of piperazine rings is 1. The minimum absolute atomic E-state index is 0.00482. The number of anilines is 2. The Kier molecular flexibility index (Phi) is 6.29. The monoisotopic (exact) mass is 405 g/mol. The first kappa shape index (κ1) is 19.3. The number of aromatic nitrogens is 2. The molecule has 3 aromatic rings. The Morgan fingerprint density at radius 2 is 1.86 bits per heavy atom. The van der Waals surface area contributed by atoms with Crippen LogP contribution >= 0.6 is 11.3 Å². The molecule has 6 nitrogen and oxygen atoms in total. The Bertz CT molecular complexity index is 950. The number of benzene rings is 1. The third kappa shape index (κ3) is 5.28. The maximum absolute atomic E-state index is 12.8. The molecule has 0 aliphatic carbocycles. The van der Waals surface area contributed by atoms with Crippen LogP contribution in [0.3, 0.4) is 0 Å². The molecule has 1 aromatic carbocycles. The molecule has 2 aromatic heterocycles. The van der Waals surface area contributed by atoms with Gasteiger partial charge in [0.1, 0.15) is 11.5 Å². The zero-order valence-corrected chi connectivity index (χ0v) is 16.9. The maximum atomic E-state index is 12.8. The highest BCUT2D eigenvalue weighted by Gasteiger charge is 2.23. The van der Waals surface area contributed by atoms with E-state index in [9.17, 15) is 4.79 Å². The second-order valence-corrected chi connectivity index (χ2v) is 7.64. The first-order chi connectivity index (χ1) is 14.3. The van der Waals surface area contributed by atoms with E-state index >= 15 is 0 Å². The standard InChI is InChI=1S/C22H23N5OS/c28-21(19-17-29-22(24-19)25-20-10-4-5-11-23-20)27-15-13-26(14-16-27)12-6-9-18-7-2-1-3-8-18/h1-11,17H,12-16H2,(H,23,24,25)/b9-6+. The summed E-state index contributed by atoms with van der Waals surface area (Å²) in [5, 5.41) is 5.62. The summed E-state index contributed by atoms with van der Waals surface area (Å²) in [5.41, 5.74) is 1.70. The molecular weight excluding hydrogens is 382 g/mol. The minimum Gasteiger partial charge on any atom is -0.335 e. The summed E-state index contributed by atoms with van der Waals surface area (Å²) in [6.07, 6.45) is 6.04. The van der Waals surface area contributed by atoms with E-state index in [2.05, 4.69) is 44.5 Å². The summed E-state index contributed by atoms with van der Waals surface area (Å²) in [7, 11) is 0. The number of carbonyl (C=O) groups is 1. The highest BCUT2D eigenvalue weighted by atomic mass is 32.1. The quantitative estimate of drug-likeness (QED) is 0.677. The van der Waals surface area contributed by atoms with Gasteiger partial charge >= 0.3 is 0 Å². The lowest BCUT2D eigenvalue weighted by Gasteiger charge is -2.33. The van der Waals surface area contributed by atoms with Gasteiger partial charge in [0, 0.05) is 44.3 Å². The van der Waals surface area contributed by atoms with Crippen LogP contribution in [0.2, 0.25) is 0 Å². The number of pyridine rings is 1. The lowest BCUT2D eigenvalue weighted by molar-refractivity contribution is 0.0645. The van der Waals surface area contributed by atoms with Crippen LogP contribution in [-0.2, 0) is 0 Å². The van der Waals surface area contributed by atoms with E-state index in [1.165, 1.54) is 16.9 Å². The Morgan fingerprint density at radius 3 is 2.62 bits per heavy atom. The van der Waals surface area contributed by atoms with Crippen molar-refractivity contribution in [3.05, 3.63) is 77.4 Å². The van der Waals surface area contributed by atoms with Gasteiger partial charge in [0.25, 0.3) is 5.91 Å². The molecule has 7 heteroatoms. The van der Waals surface area contributed by atoms with Crippen molar-refractivity contribution in [3.63, 3.8) is 0 Å². The molecule has 29 heavy (non-hydrogen) atoms. The highest BCUT2D eigenvalue weighted by Crippen LogP contribution is 2.20. The van der Waals surface area contributed by atoms with E-state index in [0.717, 1.165) is 38.5 Å². The number of hydrogen-bond donors (Lipinski definition) is 1. The number of thiazole rings is 1. The van der Waals surface area contributed by atoms with Gasteiger partial charge in [-0.3, -0.25) is 9.69 Å². The van der Waals surface area contributed by atoms with Crippen molar-refractivity contribution in [2.24, 2.45) is 0 Å². The Balaban J connectivity index is 1.26. The van der Waals surface area contributed by atoms with Gasteiger partial charge < -0.3 is 10.2 Å². The van der Waals surface area contributed by atoms with Gasteiger partial charge in [-0.15, -0.1) is 11.3 Å². The van der Waals surface area contributed by atoms with Crippen LogP contribution in [0.25, 0.3) is 6.08 Å². The summed E-state index contributed by atoms with van der Waals surface area (Å²) >= 11 is 1.42. The van der Waals surface area contributed by atoms with Crippen LogP contribution in [0.15, 0.2) is 66.2 Å². The molecule has 0 unspecified atom stereocenters.